The Balaban J connectivity index is 1.64. The van der Waals surface area contributed by atoms with Crippen molar-refractivity contribution < 1.29 is 32.3 Å². The highest BCUT2D eigenvalue weighted by molar-refractivity contribution is 7.90. The van der Waals surface area contributed by atoms with E-state index in [0.717, 1.165) is 11.8 Å². The van der Waals surface area contributed by atoms with Gasteiger partial charge < -0.3 is 19.1 Å². The monoisotopic (exact) mass is 500 g/mol. The van der Waals surface area contributed by atoms with E-state index in [2.05, 4.69) is 10.1 Å². The van der Waals surface area contributed by atoms with E-state index in [0.29, 0.717) is 41.0 Å². The number of oxime groups is 1. The van der Waals surface area contributed by atoms with Crippen LogP contribution in [0.2, 0.25) is 0 Å². The molecule has 9 nitrogen and oxygen atoms in total. The molecule has 2 aromatic carbocycles. The minimum absolute atomic E-state index is 0.175. The Labute approximate surface area is 204 Å². The Morgan fingerprint density at radius 1 is 1.14 bits per heavy atom. The topological polar surface area (TPSA) is 128 Å². The molecule has 1 unspecified atom stereocenters. The first-order chi connectivity index (χ1) is 16.6. The zero-order chi connectivity index (χ0) is 25.6. The first-order valence-corrected chi connectivity index (χ1v) is 12.9. The summed E-state index contributed by atoms with van der Waals surface area (Å²) in [5.41, 5.74) is 2.51. The fourth-order valence-electron chi connectivity index (χ4n) is 3.28. The van der Waals surface area contributed by atoms with E-state index in [1.807, 2.05) is 12.1 Å². The maximum Gasteiger partial charge on any atom is 0.312 e. The Kier molecular flexibility index (Phi) is 8.29. The molecule has 0 aliphatic rings. The average molecular weight is 501 g/mol. The molecule has 1 aromatic heterocycles. The predicted octanol–water partition coefficient (Wildman–Crippen LogP) is 4.29. The minimum Gasteiger partial charge on any atom is -0.487 e. The minimum atomic E-state index is -3.28. The van der Waals surface area contributed by atoms with Gasteiger partial charge >= 0.3 is 5.97 Å². The third kappa shape index (κ3) is 6.92. The quantitative estimate of drug-likeness (QED) is 0.305. The van der Waals surface area contributed by atoms with Crippen LogP contribution in [-0.2, 0) is 32.5 Å². The molecule has 186 valence electrons. The lowest BCUT2D eigenvalue weighted by Crippen LogP contribution is -2.24. The van der Waals surface area contributed by atoms with Gasteiger partial charge in [-0.15, -0.1) is 0 Å². The Morgan fingerprint density at radius 2 is 1.80 bits per heavy atom. The lowest BCUT2D eigenvalue weighted by Gasteiger charge is -2.12. The van der Waals surface area contributed by atoms with Gasteiger partial charge in [0.15, 0.2) is 9.84 Å². The van der Waals surface area contributed by atoms with Crippen LogP contribution in [0.15, 0.2) is 63.0 Å². The number of aliphatic carboxylic acids is 1. The Bertz CT molecular complexity index is 1290. The van der Waals surface area contributed by atoms with Gasteiger partial charge in [0, 0.05) is 11.8 Å². The molecule has 0 saturated carbocycles. The number of ether oxygens (including phenoxy) is 1. The van der Waals surface area contributed by atoms with Crippen LogP contribution in [-0.4, -0.2) is 43.1 Å². The molecule has 1 N–H and O–H groups in total. The molecule has 3 aromatic rings. The van der Waals surface area contributed by atoms with E-state index in [1.165, 1.54) is 12.1 Å². The molecule has 0 fully saturated rings. The zero-order valence-corrected chi connectivity index (χ0v) is 20.8. The summed E-state index contributed by atoms with van der Waals surface area (Å²) in [5.74, 6) is -0.176. The van der Waals surface area contributed by atoms with Crippen LogP contribution in [0.25, 0.3) is 11.5 Å². The number of aromatic nitrogens is 1. The van der Waals surface area contributed by atoms with Gasteiger partial charge in [-0.05, 0) is 69.2 Å². The Hall–Kier alpha value is -3.66. The molecule has 0 aliphatic heterocycles. The SMILES string of the molecule is CCON=C(C)C(Cc1ccc(OCc2nc(-c3ccc(S(C)(=O)=O)cc3)oc2C)cc1)C(=O)O. The number of hydrogen-bond donors (Lipinski definition) is 1. The second kappa shape index (κ2) is 11.2. The van der Waals surface area contributed by atoms with E-state index < -0.39 is 21.7 Å². The number of carboxylic acids is 1. The first-order valence-electron chi connectivity index (χ1n) is 11.0. The molecule has 1 atom stereocenters. The number of hydrogen-bond acceptors (Lipinski definition) is 8. The summed E-state index contributed by atoms with van der Waals surface area (Å²) in [7, 11) is -3.28. The van der Waals surface area contributed by atoms with Gasteiger partial charge in [0.25, 0.3) is 0 Å². The highest BCUT2D eigenvalue weighted by Gasteiger charge is 2.22. The van der Waals surface area contributed by atoms with Crippen LogP contribution in [0.4, 0.5) is 0 Å². The maximum atomic E-state index is 11.6. The van der Waals surface area contributed by atoms with Crippen molar-refractivity contribution in [1.29, 1.82) is 0 Å². The van der Waals surface area contributed by atoms with Crippen molar-refractivity contribution >= 4 is 21.5 Å². The summed E-state index contributed by atoms with van der Waals surface area (Å²) >= 11 is 0. The molecule has 1 heterocycles. The van der Waals surface area contributed by atoms with E-state index in [-0.39, 0.29) is 17.9 Å². The largest absolute Gasteiger partial charge is 0.487 e. The molecule has 35 heavy (non-hydrogen) atoms. The molecule has 0 aliphatic carbocycles. The molecule has 0 saturated heterocycles. The number of aryl methyl sites for hydroxylation is 1. The van der Waals surface area contributed by atoms with Gasteiger partial charge in [0.2, 0.25) is 5.89 Å². The molecular formula is C25H28N2O7S. The van der Waals surface area contributed by atoms with E-state index in [9.17, 15) is 18.3 Å². The predicted molar refractivity (Wildman–Crippen MR) is 130 cm³/mol. The maximum absolute atomic E-state index is 11.6. The van der Waals surface area contributed by atoms with E-state index >= 15 is 0 Å². The number of carboxylic acid groups (broad SMARTS) is 1. The van der Waals surface area contributed by atoms with Crippen LogP contribution in [0.1, 0.15) is 30.9 Å². The lowest BCUT2D eigenvalue weighted by molar-refractivity contribution is -0.139. The molecule has 3 rings (SSSR count). The number of rotatable bonds is 11. The lowest BCUT2D eigenvalue weighted by atomic mass is 9.95. The second-order valence-electron chi connectivity index (χ2n) is 8.00. The summed E-state index contributed by atoms with van der Waals surface area (Å²) in [4.78, 5) is 21.3. The zero-order valence-electron chi connectivity index (χ0n) is 20.0. The molecule has 0 amide bonds. The van der Waals surface area contributed by atoms with Crippen LogP contribution in [0, 0.1) is 12.8 Å². The summed E-state index contributed by atoms with van der Waals surface area (Å²) in [6.45, 7) is 5.75. The number of sulfone groups is 1. The van der Waals surface area contributed by atoms with E-state index in [4.69, 9.17) is 14.0 Å². The summed E-state index contributed by atoms with van der Waals surface area (Å²) in [6, 6.07) is 13.5. The van der Waals surface area contributed by atoms with Crippen molar-refractivity contribution in [2.45, 2.75) is 38.7 Å². The van der Waals surface area contributed by atoms with Gasteiger partial charge in [-0.25, -0.2) is 13.4 Å². The number of oxazole rings is 1. The fraction of sp³-hybridized carbons (Fsp3) is 0.320. The summed E-state index contributed by atoms with van der Waals surface area (Å²) in [6.07, 6.45) is 1.43. The standard InChI is InChI=1S/C25H28N2O7S/c1-5-33-27-16(2)22(25(28)29)14-18-6-10-20(11-7-18)32-15-23-17(3)34-24(26-23)19-8-12-21(13-9-19)35(4,30)31/h6-13,22H,5,14-15H2,1-4H3,(H,28,29). The van der Waals surface area contributed by atoms with Crippen molar-refractivity contribution in [3.63, 3.8) is 0 Å². The first kappa shape index (κ1) is 26.0. The highest BCUT2D eigenvalue weighted by atomic mass is 32.2. The van der Waals surface area contributed by atoms with Crippen LogP contribution in [0.3, 0.4) is 0 Å². The Morgan fingerprint density at radius 3 is 2.37 bits per heavy atom. The number of benzene rings is 2. The van der Waals surface area contributed by atoms with Gasteiger partial charge in [-0.3, -0.25) is 4.79 Å². The third-order valence-corrected chi connectivity index (χ3v) is 6.43. The normalized spacial score (nSPS) is 12.9. The third-order valence-electron chi connectivity index (χ3n) is 5.30. The van der Waals surface area contributed by atoms with Crippen molar-refractivity contribution in [2.75, 3.05) is 12.9 Å². The van der Waals surface area contributed by atoms with Crippen molar-refractivity contribution in [3.05, 3.63) is 65.5 Å². The molecule has 10 heteroatoms. The molecule has 0 radical (unpaired) electrons. The second-order valence-corrected chi connectivity index (χ2v) is 10.0. The number of nitrogens with zero attached hydrogens (tertiary/aromatic N) is 2. The molecular weight excluding hydrogens is 472 g/mol. The van der Waals surface area contributed by atoms with Crippen LogP contribution in [0.5, 0.6) is 5.75 Å². The number of carbonyl (C=O) groups is 1. The van der Waals surface area contributed by atoms with Gasteiger partial charge in [0.1, 0.15) is 36.3 Å². The van der Waals surface area contributed by atoms with Crippen molar-refractivity contribution in [1.82, 2.24) is 4.98 Å². The molecule has 0 spiro atoms. The summed E-state index contributed by atoms with van der Waals surface area (Å²) < 4.78 is 34.8. The highest BCUT2D eigenvalue weighted by Crippen LogP contribution is 2.24. The van der Waals surface area contributed by atoms with Gasteiger partial charge in [-0.2, -0.15) is 0 Å². The van der Waals surface area contributed by atoms with Crippen LogP contribution < -0.4 is 4.74 Å². The molecule has 0 bridgehead atoms. The van der Waals surface area contributed by atoms with Gasteiger partial charge in [-0.1, -0.05) is 17.3 Å². The average Bonchev–Trinajstić information content (AvgIpc) is 3.20. The van der Waals surface area contributed by atoms with Crippen LogP contribution >= 0.6 is 0 Å². The van der Waals surface area contributed by atoms with Crippen molar-refractivity contribution in [3.8, 4) is 17.2 Å². The smallest absolute Gasteiger partial charge is 0.312 e. The van der Waals surface area contributed by atoms with E-state index in [1.54, 1.807) is 45.0 Å². The van der Waals surface area contributed by atoms with Crippen molar-refractivity contribution in [2.24, 2.45) is 11.1 Å². The van der Waals surface area contributed by atoms with Gasteiger partial charge in [0.05, 0.1) is 10.6 Å². The summed E-state index contributed by atoms with van der Waals surface area (Å²) in [5, 5.41) is 13.4. The fourth-order valence-corrected chi connectivity index (χ4v) is 3.91.